The van der Waals surface area contributed by atoms with Crippen LogP contribution in [0.15, 0.2) is 0 Å². The van der Waals surface area contributed by atoms with Gasteiger partial charge in [-0.2, -0.15) is 12.7 Å². The van der Waals surface area contributed by atoms with Gasteiger partial charge in [0.15, 0.2) is 0 Å². The Morgan fingerprint density at radius 3 is 2.59 bits per heavy atom. The number of methoxy groups -OCH3 is 1. The molecule has 1 heterocycles. The van der Waals surface area contributed by atoms with Crippen LogP contribution in [0.3, 0.4) is 0 Å². The fourth-order valence-electron chi connectivity index (χ4n) is 1.75. The summed E-state index contributed by atoms with van der Waals surface area (Å²) in [6.07, 6.45) is 1.88. The quantitative estimate of drug-likeness (QED) is 0.739. The molecule has 5 nitrogen and oxygen atoms in total. The third kappa shape index (κ3) is 5.21. The van der Waals surface area contributed by atoms with Gasteiger partial charge in [0.05, 0.1) is 11.4 Å². The zero-order chi connectivity index (χ0) is 12.9. The van der Waals surface area contributed by atoms with Crippen molar-refractivity contribution < 1.29 is 13.2 Å². The van der Waals surface area contributed by atoms with Gasteiger partial charge < -0.3 is 4.74 Å². The molecule has 1 atom stereocenters. The lowest BCUT2D eigenvalue weighted by Crippen LogP contribution is -2.46. The van der Waals surface area contributed by atoms with E-state index in [4.69, 9.17) is 4.74 Å². The molecule has 17 heavy (non-hydrogen) atoms. The maximum atomic E-state index is 12.0. The Balaban J connectivity index is 2.40. The van der Waals surface area contributed by atoms with Crippen molar-refractivity contribution in [3.05, 3.63) is 0 Å². The van der Waals surface area contributed by atoms with Crippen molar-refractivity contribution in [3.8, 4) is 0 Å². The summed E-state index contributed by atoms with van der Waals surface area (Å²) in [5.41, 5.74) is 0. The highest BCUT2D eigenvalue weighted by Crippen LogP contribution is 2.17. The molecule has 1 unspecified atom stereocenters. The zero-order valence-corrected chi connectivity index (χ0v) is 12.8. The van der Waals surface area contributed by atoms with Crippen LogP contribution in [-0.4, -0.2) is 50.9 Å². The molecule has 0 aromatic carbocycles. The molecule has 0 spiro atoms. The molecule has 0 aromatic heterocycles. The highest BCUT2D eigenvalue weighted by Gasteiger charge is 2.26. The molecule has 7 heteroatoms. The molecule has 0 radical (unpaired) electrons. The van der Waals surface area contributed by atoms with Gasteiger partial charge in [-0.25, -0.2) is 4.72 Å². The minimum atomic E-state index is -3.32. The van der Waals surface area contributed by atoms with E-state index in [1.54, 1.807) is 7.11 Å². The maximum Gasteiger partial charge on any atom is 0.279 e. The van der Waals surface area contributed by atoms with Crippen molar-refractivity contribution in [2.24, 2.45) is 5.92 Å². The fourth-order valence-corrected chi connectivity index (χ4v) is 3.68. The number of piperidine rings is 1. The van der Waals surface area contributed by atoms with Crippen LogP contribution >= 0.6 is 15.9 Å². The van der Waals surface area contributed by atoms with E-state index < -0.39 is 10.2 Å². The van der Waals surface area contributed by atoms with E-state index in [0.717, 1.165) is 12.8 Å². The second kappa shape index (κ2) is 7.04. The normalized spacial score (nSPS) is 21.6. The van der Waals surface area contributed by atoms with Crippen LogP contribution in [0, 0.1) is 5.92 Å². The van der Waals surface area contributed by atoms with E-state index in [1.165, 1.54) is 4.31 Å². The van der Waals surface area contributed by atoms with Crippen LogP contribution in [0.5, 0.6) is 0 Å². The zero-order valence-electron chi connectivity index (χ0n) is 10.4. The van der Waals surface area contributed by atoms with Crippen molar-refractivity contribution in [1.29, 1.82) is 0 Å². The van der Waals surface area contributed by atoms with Crippen LogP contribution in [0.4, 0.5) is 0 Å². The topological polar surface area (TPSA) is 58.6 Å². The average Bonchev–Trinajstić information content (AvgIpc) is 2.28. The first kappa shape index (κ1) is 15.4. The highest BCUT2D eigenvalue weighted by molar-refractivity contribution is 9.09. The minimum Gasteiger partial charge on any atom is -0.383 e. The van der Waals surface area contributed by atoms with Crippen LogP contribution < -0.4 is 4.72 Å². The van der Waals surface area contributed by atoms with Gasteiger partial charge in [-0.15, -0.1) is 0 Å². The van der Waals surface area contributed by atoms with E-state index >= 15 is 0 Å². The van der Waals surface area contributed by atoms with Gasteiger partial charge in [-0.3, -0.25) is 0 Å². The lowest BCUT2D eigenvalue weighted by molar-refractivity contribution is 0.201. The first-order valence-corrected chi connectivity index (χ1v) is 8.19. The van der Waals surface area contributed by atoms with Crippen molar-refractivity contribution in [2.75, 3.05) is 33.4 Å². The van der Waals surface area contributed by atoms with Gasteiger partial charge in [0.25, 0.3) is 10.2 Å². The van der Waals surface area contributed by atoms with E-state index in [-0.39, 0.29) is 4.83 Å². The molecule has 0 saturated carbocycles. The number of hydrogen-bond donors (Lipinski definition) is 1. The Labute approximate surface area is 112 Å². The average molecular weight is 329 g/mol. The smallest absolute Gasteiger partial charge is 0.279 e. The summed E-state index contributed by atoms with van der Waals surface area (Å²) in [6, 6.07) is 0. The van der Waals surface area contributed by atoms with Crippen LogP contribution in [0.1, 0.15) is 19.8 Å². The number of alkyl halides is 1. The SMILES string of the molecule is COCC(Br)CNS(=O)(=O)N1CCC(C)CC1. The summed E-state index contributed by atoms with van der Waals surface area (Å²) in [5.74, 6) is 0.624. The summed E-state index contributed by atoms with van der Waals surface area (Å²) >= 11 is 3.35. The molecule has 1 rings (SSSR count). The van der Waals surface area contributed by atoms with E-state index in [0.29, 0.717) is 32.2 Å². The number of nitrogens with one attached hydrogen (secondary N) is 1. The number of ether oxygens (including phenoxy) is 1. The molecule has 1 fully saturated rings. The van der Waals surface area contributed by atoms with Gasteiger partial charge in [0, 0.05) is 26.7 Å². The predicted octanol–water partition coefficient (Wildman–Crippen LogP) is 0.963. The van der Waals surface area contributed by atoms with Gasteiger partial charge in [0.1, 0.15) is 0 Å². The van der Waals surface area contributed by atoms with Crippen molar-refractivity contribution >= 4 is 26.1 Å². The molecule has 0 aliphatic carbocycles. The highest BCUT2D eigenvalue weighted by atomic mass is 79.9. The van der Waals surface area contributed by atoms with E-state index in [1.807, 2.05) is 0 Å². The Morgan fingerprint density at radius 1 is 1.47 bits per heavy atom. The Hall–Kier alpha value is 0.310. The van der Waals surface area contributed by atoms with Crippen molar-refractivity contribution in [2.45, 2.75) is 24.6 Å². The fraction of sp³-hybridized carbons (Fsp3) is 1.00. The molecular formula is C10H21BrN2O3S. The Bertz CT molecular complexity index is 316. The first-order chi connectivity index (χ1) is 7.95. The summed E-state index contributed by atoms with van der Waals surface area (Å²) in [4.78, 5) is 0.00555. The molecule has 0 aromatic rings. The van der Waals surface area contributed by atoms with Gasteiger partial charge in [-0.1, -0.05) is 22.9 Å². The van der Waals surface area contributed by atoms with Gasteiger partial charge in [0.2, 0.25) is 0 Å². The molecular weight excluding hydrogens is 308 g/mol. The Morgan fingerprint density at radius 2 is 2.06 bits per heavy atom. The molecule has 1 aliphatic rings. The van der Waals surface area contributed by atoms with E-state index in [2.05, 4.69) is 27.6 Å². The lowest BCUT2D eigenvalue weighted by atomic mass is 10.0. The summed E-state index contributed by atoms with van der Waals surface area (Å²) in [5, 5.41) is 0. The summed E-state index contributed by atoms with van der Waals surface area (Å²) < 4.78 is 33.0. The van der Waals surface area contributed by atoms with Crippen molar-refractivity contribution in [1.82, 2.24) is 9.03 Å². The number of hydrogen-bond acceptors (Lipinski definition) is 3. The largest absolute Gasteiger partial charge is 0.383 e. The molecule has 0 bridgehead atoms. The number of nitrogens with zero attached hydrogens (tertiary/aromatic N) is 1. The third-order valence-electron chi connectivity index (χ3n) is 2.92. The number of rotatable bonds is 6. The Kier molecular flexibility index (Phi) is 6.36. The summed E-state index contributed by atoms with van der Waals surface area (Å²) in [6.45, 7) is 4.23. The van der Waals surface area contributed by atoms with Crippen LogP contribution in [0.25, 0.3) is 0 Å². The van der Waals surface area contributed by atoms with Gasteiger partial charge >= 0.3 is 0 Å². The second-order valence-electron chi connectivity index (χ2n) is 4.49. The van der Waals surface area contributed by atoms with Crippen LogP contribution in [0.2, 0.25) is 0 Å². The molecule has 1 N–H and O–H groups in total. The lowest BCUT2D eigenvalue weighted by Gasteiger charge is -2.29. The molecule has 1 aliphatic heterocycles. The minimum absolute atomic E-state index is 0.00555. The maximum absolute atomic E-state index is 12.0. The monoisotopic (exact) mass is 328 g/mol. The third-order valence-corrected chi connectivity index (χ3v) is 5.08. The molecule has 0 amide bonds. The van der Waals surface area contributed by atoms with Gasteiger partial charge in [-0.05, 0) is 18.8 Å². The number of halogens is 1. The van der Waals surface area contributed by atoms with Crippen molar-refractivity contribution in [3.63, 3.8) is 0 Å². The molecule has 1 saturated heterocycles. The van der Waals surface area contributed by atoms with E-state index in [9.17, 15) is 8.42 Å². The first-order valence-electron chi connectivity index (χ1n) is 5.83. The predicted molar refractivity (Wildman–Crippen MR) is 71.5 cm³/mol. The van der Waals surface area contributed by atoms with Crippen LogP contribution in [-0.2, 0) is 14.9 Å². The summed E-state index contributed by atoms with van der Waals surface area (Å²) in [7, 11) is -1.73. The molecule has 102 valence electrons. The standard InChI is InChI=1S/C10H21BrN2O3S/c1-9-3-5-13(6-4-9)17(14,15)12-7-10(11)8-16-2/h9-10,12H,3-8H2,1-2H3. The second-order valence-corrected chi connectivity index (χ2v) is 7.54.